The molecule has 2 aliphatic heterocycles. The van der Waals surface area contributed by atoms with Crippen LogP contribution in [-0.4, -0.2) is 50.3 Å². The van der Waals surface area contributed by atoms with E-state index in [9.17, 15) is 10.1 Å². The van der Waals surface area contributed by atoms with Crippen molar-refractivity contribution in [1.29, 1.82) is 0 Å². The highest BCUT2D eigenvalue weighted by atomic mass is 16.6. The average Bonchev–Trinajstić information content (AvgIpc) is 3.04. The van der Waals surface area contributed by atoms with Crippen LogP contribution >= 0.6 is 0 Å². The van der Waals surface area contributed by atoms with Crippen LogP contribution in [0.4, 0.5) is 5.69 Å². The lowest BCUT2D eigenvalue weighted by molar-refractivity contribution is -0.384. The largest absolute Gasteiger partial charge is 0.493 e. The molecule has 0 saturated carbocycles. The van der Waals surface area contributed by atoms with Gasteiger partial charge in [0.25, 0.3) is 5.69 Å². The van der Waals surface area contributed by atoms with Crippen LogP contribution in [0, 0.1) is 10.1 Å². The second-order valence-electron chi connectivity index (χ2n) is 8.69. The van der Waals surface area contributed by atoms with Gasteiger partial charge in [-0.2, -0.15) is 0 Å². The molecule has 1 atom stereocenters. The second kappa shape index (κ2) is 10.2. The number of piperidine rings is 1. The number of methoxy groups -OCH3 is 2. The van der Waals surface area contributed by atoms with Gasteiger partial charge in [-0.15, -0.1) is 0 Å². The first-order chi connectivity index (χ1) is 15.6. The van der Waals surface area contributed by atoms with Crippen molar-refractivity contribution in [3.8, 4) is 17.2 Å². The summed E-state index contributed by atoms with van der Waals surface area (Å²) in [4.78, 5) is 13.3. The van der Waals surface area contributed by atoms with E-state index in [4.69, 9.17) is 14.2 Å². The summed E-state index contributed by atoms with van der Waals surface area (Å²) >= 11 is 0. The fourth-order valence-corrected chi connectivity index (χ4v) is 5.00. The minimum absolute atomic E-state index is 0.0987. The van der Waals surface area contributed by atoms with Crippen LogP contribution in [0.25, 0.3) is 0 Å². The number of likely N-dealkylation sites (tertiary alicyclic amines) is 1. The smallest absolute Gasteiger partial charge is 0.273 e. The monoisotopic (exact) mass is 440 g/mol. The minimum atomic E-state index is -0.355. The molecule has 0 bridgehead atoms. The highest BCUT2D eigenvalue weighted by Gasteiger charge is 2.25. The third-order valence-electron chi connectivity index (χ3n) is 6.86. The Balaban J connectivity index is 1.34. The van der Waals surface area contributed by atoms with Crippen molar-refractivity contribution in [2.75, 3.05) is 40.5 Å². The van der Waals surface area contributed by atoms with E-state index in [0.29, 0.717) is 24.2 Å². The normalized spacial score (nSPS) is 19.5. The predicted molar refractivity (Wildman–Crippen MR) is 123 cm³/mol. The van der Waals surface area contributed by atoms with Crippen molar-refractivity contribution in [1.82, 2.24) is 4.90 Å². The molecule has 2 aromatic rings. The van der Waals surface area contributed by atoms with Crippen molar-refractivity contribution in [2.45, 2.75) is 43.9 Å². The highest BCUT2D eigenvalue weighted by molar-refractivity contribution is 5.46. The van der Waals surface area contributed by atoms with Crippen molar-refractivity contribution in [3.05, 3.63) is 57.6 Å². The van der Waals surface area contributed by atoms with Crippen molar-refractivity contribution in [3.63, 3.8) is 0 Å². The Bertz CT molecular complexity index is 940. The first kappa shape index (κ1) is 22.4. The lowest BCUT2D eigenvalue weighted by Crippen LogP contribution is -2.34. The zero-order chi connectivity index (χ0) is 22.5. The third kappa shape index (κ3) is 4.99. The van der Waals surface area contributed by atoms with Gasteiger partial charge in [-0.25, -0.2) is 0 Å². The minimum Gasteiger partial charge on any atom is -0.493 e. The molecular weight excluding hydrogens is 408 g/mol. The zero-order valence-corrected chi connectivity index (χ0v) is 18.9. The van der Waals surface area contributed by atoms with Crippen molar-refractivity contribution in [2.24, 2.45) is 0 Å². The summed E-state index contributed by atoms with van der Waals surface area (Å²) in [5.74, 6) is 3.18. The van der Waals surface area contributed by atoms with Crippen LogP contribution in [0.2, 0.25) is 0 Å². The molecule has 0 aliphatic carbocycles. The van der Waals surface area contributed by atoms with E-state index in [-0.39, 0.29) is 10.6 Å². The fourth-order valence-electron chi connectivity index (χ4n) is 5.00. The zero-order valence-electron chi connectivity index (χ0n) is 18.9. The molecule has 4 rings (SSSR count). The molecule has 0 N–H and O–H groups in total. The Labute approximate surface area is 189 Å². The molecule has 0 aromatic heterocycles. The fraction of sp³-hybridized carbons (Fsp3) is 0.520. The van der Waals surface area contributed by atoms with E-state index in [1.54, 1.807) is 26.4 Å². The Hall–Kier alpha value is -2.80. The van der Waals surface area contributed by atoms with E-state index < -0.39 is 0 Å². The number of nitrogens with zero attached hydrogens (tertiary/aromatic N) is 2. The van der Waals surface area contributed by atoms with Crippen LogP contribution in [0.5, 0.6) is 17.2 Å². The number of rotatable bonds is 7. The van der Waals surface area contributed by atoms with Crippen LogP contribution in [0.15, 0.2) is 36.4 Å². The molecule has 2 heterocycles. The van der Waals surface area contributed by atoms with Gasteiger partial charge in [-0.1, -0.05) is 6.07 Å². The summed E-state index contributed by atoms with van der Waals surface area (Å²) in [6, 6.07) is 11.4. The molecule has 32 heavy (non-hydrogen) atoms. The number of nitro groups is 1. The summed E-state index contributed by atoms with van der Waals surface area (Å²) in [5, 5.41) is 11.1. The van der Waals surface area contributed by atoms with E-state index in [1.807, 2.05) is 12.1 Å². The van der Waals surface area contributed by atoms with Crippen LogP contribution in [0.3, 0.4) is 0 Å². The Morgan fingerprint density at radius 3 is 2.56 bits per heavy atom. The first-order valence-corrected chi connectivity index (χ1v) is 11.4. The van der Waals surface area contributed by atoms with Gasteiger partial charge < -0.3 is 19.1 Å². The number of hydrogen-bond acceptors (Lipinski definition) is 6. The third-order valence-corrected chi connectivity index (χ3v) is 6.86. The number of benzene rings is 2. The van der Waals surface area contributed by atoms with Crippen LogP contribution < -0.4 is 14.2 Å². The number of ether oxygens (including phenoxy) is 3. The second-order valence-corrected chi connectivity index (χ2v) is 8.69. The molecule has 0 radical (unpaired) electrons. The van der Waals surface area contributed by atoms with Gasteiger partial charge in [0.15, 0.2) is 11.5 Å². The number of hydrogen-bond donors (Lipinski definition) is 0. The Morgan fingerprint density at radius 1 is 1.06 bits per heavy atom. The van der Waals surface area contributed by atoms with E-state index in [0.717, 1.165) is 68.8 Å². The van der Waals surface area contributed by atoms with E-state index in [2.05, 4.69) is 17.0 Å². The lowest BCUT2D eigenvalue weighted by atomic mass is 9.88. The summed E-state index contributed by atoms with van der Waals surface area (Å²) < 4.78 is 16.7. The van der Waals surface area contributed by atoms with Gasteiger partial charge in [0, 0.05) is 6.07 Å². The molecular formula is C25H32N2O5. The summed E-state index contributed by atoms with van der Waals surface area (Å²) in [6.45, 7) is 3.83. The summed E-state index contributed by atoms with van der Waals surface area (Å²) in [5.41, 5.74) is 2.54. The molecule has 0 amide bonds. The van der Waals surface area contributed by atoms with Crippen molar-refractivity contribution < 1.29 is 19.1 Å². The number of fused-ring (bicyclic) bond motifs is 1. The molecule has 7 heteroatoms. The standard InChI is InChI=1S/C25H32N2O5/c1-30-23-8-5-20(16-25(23)31-2)18-9-12-26(13-10-18)14-11-19-4-3-15-32-24-17-21(27(28)29)6-7-22(19)24/h5-8,16-19H,3-4,9-15H2,1-2H3. The van der Waals surface area contributed by atoms with E-state index in [1.165, 1.54) is 5.56 Å². The Kier molecular flexibility index (Phi) is 7.15. The van der Waals surface area contributed by atoms with Crippen LogP contribution in [0.1, 0.15) is 55.1 Å². The van der Waals surface area contributed by atoms with Gasteiger partial charge in [0.2, 0.25) is 0 Å². The number of nitro benzene ring substituents is 1. The molecule has 7 nitrogen and oxygen atoms in total. The average molecular weight is 441 g/mol. The summed E-state index contributed by atoms with van der Waals surface area (Å²) in [7, 11) is 3.34. The van der Waals surface area contributed by atoms with Gasteiger partial charge in [-0.05, 0) is 92.9 Å². The van der Waals surface area contributed by atoms with Gasteiger partial charge >= 0.3 is 0 Å². The lowest BCUT2D eigenvalue weighted by Gasteiger charge is -2.33. The van der Waals surface area contributed by atoms with E-state index >= 15 is 0 Å². The van der Waals surface area contributed by atoms with Gasteiger partial charge in [-0.3, -0.25) is 10.1 Å². The molecule has 1 saturated heterocycles. The summed E-state index contributed by atoms with van der Waals surface area (Å²) in [6.07, 6.45) is 5.36. The topological polar surface area (TPSA) is 74.1 Å². The van der Waals surface area contributed by atoms with Crippen molar-refractivity contribution >= 4 is 5.69 Å². The highest BCUT2D eigenvalue weighted by Crippen LogP contribution is 2.38. The van der Waals surface area contributed by atoms with Gasteiger partial charge in [0.05, 0.1) is 31.8 Å². The quantitative estimate of drug-likeness (QED) is 0.439. The SMILES string of the molecule is COc1ccc(C2CCN(CCC3CCCOc4cc([N+](=O)[O-])ccc43)CC2)cc1OC. The maximum absolute atomic E-state index is 11.1. The van der Waals surface area contributed by atoms with Crippen LogP contribution in [-0.2, 0) is 0 Å². The first-order valence-electron chi connectivity index (χ1n) is 11.4. The maximum Gasteiger partial charge on any atom is 0.273 e. The molecule has 2 aromatic carbocycles. The molecule has 172 valence electrons. The molecule has 1 fully saturated rings. The number of non-ortho nitro benzene ring substituents is 1. The molecule has 0 spiro atoms. The maximum atomic E-state index is 11.1. The Morgan fingerprint density at radius 2 is 1.84 bits per heavy atom. The molecule has 2 aliphatic rings. The molecule has 1 unspecified atom stereocenters. The van der Waals surface area contributed by atoms with Gasteiger partial charge in [0.1, 0.15) is 5.75 Å². The predicted octanol–water partition coefficient (Wildman–Crippen LogP) is 5.14.